The van der Waals surface area contributed by atoms with Gasteiger partial charge in [-0.15, -0.1) is 0 Å². The van der Waals surface area contributed by atoms with E-state index in [9.17, 15) is 4.79 Å². The zero-order chi connectivity index (χ0) is 19.3. The van der Waals surface area contributed by atoms with E-state index >= 15 is 0 Å². The average Bonchev–Trinajstić information content (AvgIpc) is 3.20. The molecular formula is C23H19BrN2O2. The minimum atomic E-state index is -0.0928. The van der Waals surface area contributed by atoms with Crippen LogP contribution >= 0.6 is 15.9 Å². The standard InChI is InChI=1S/C23H19BrN2O2/c24-19-6-8-21(9-7-19)26(16-20-3-1-2-13-25-20)23(27)11-5-17-4-10-22-18(15-17)12-14-28-22/h1-11,13,15H,12,14,16H2/b11-5+. The van der Waals surface area contributed by atoms with E-state index in [-0.39, 0.29) is 5.91 Å². The number of benzene rings is 2. The first kappa shape index (κ1) is 18.4. The van der Waals surface area contributed by atoms with Gasteiger partial charge in [-0.3, -0.25) is 9.78 Å². The quantitative estimate of drug-likeness (QED) is 0.529. The summed E-state index contributed by atoms with van der Waals surface area (Å²) in [5.74, 6) is 0.847. The third kappa shape index (κ3) is 4.31. The van der Waals surface area contributed by atoms with Gasteiger partial charge in [0.15, 0.2) is 0 Å². The first-order chi connectivity index (χ1) is 13.7. The van der Waals surface area contributed by atoms with Gasteiger partial charge in [0.05, 0.1) is 18.8 Å². The van der Waals surface area contributed by atoms with E-state index in [0.717, 1.165) is 40.2 Å². The third-order valence-electron chi connectivity index (χ3n) is 4.58. The molecule has 0 atom stereocenters. The van der Waals surface area contributed by atoms with E-state index in [2.05, 4.69) is 27.0 Å². The number of carbonyl (C=O) groups excluding carboxylic acids is 1. The molecule has 0 aliphatic carbocycles. The number of halogens is 1. The Bertz CT molecular complexity index is 1000. The van der Waals surface area contributed by atoms with E-state index < -0.39 is 0 Å². The maximum atomic E-state index is 13.0. The van der Waals surface area contributed by atoms with E-state index in [1.165, 1.54) is 5.56 Å². The second-order valence-corrected chi connectivity index (χ2v) is 7.44. The van der Waals surface area contributed by atoms with Gasteiger partial charge in [-0.2, -0.15) is 0 Å². The lowest BCUT2D eigenvalue weighted by Gasteiger charge is -2.21. The van der Waals surface area contributed by atoms with Gasteiger partial charge in [-0.1, -0.05) is 28.1 Å². The average molecular weight is 435 g/mol. The van der Waals surface area contributed by atoms with Crippen LogP contribution < -0.4 is 9.64 Å². The van der Waals surface area contributed by atoms with Crippen LogP contribution in [0.15, 0.2) is 77.4 Å². The highest BCUT2D eigenvalue weighted by molar-refractivity contribution is 9.10. The van der Waals surface area contributed by atoms with Crippen molar-refractivity contribution in [3.63, 3.8) is 0 Å². The monoisotopic (exact) mass is 434 g/mol. The minimum absolute atomic E-state index is 0.0928. The van der Waals surface area contributed by atoms with Gasteiger partial charge in [-0.05, 0) is 65.7 Å². The molecule has 4 nitrogen and oxygen atoms in total. The van der Waals surface area contributed by atoms with E-state index in [1.807, 2.05) is 60.7 Å². The van der Waals surface area contributed by atoms with Crippen molar-refractivity contribution in [3.05, 3.63) is 94.2 Å². The van der Waals surface area contributed by atoms with E-state index in [0.29, 0.717) is 6.54 Å². The fourth-order valence-electron chi connectivity index (χ4n) is 3.14. The molecule has 0 N–H and O–H groups in total. The Hall–Kier alpha value is -2.92. The van der Waals surface area contributed by atoms with Crippen molar-refractivity contribution in [2.24, 2.45) is 0 Å². The number of anilines is 1. The highest BCUT2D eigenvalue weighted by Crippen LogP contribution is 2.26. The number of nitrogens with zero attached hydrogens (tertiary/aromatic N) is 2. The summed E-state index contributed by atoms with van der Waals surface area (Å²) in [6, 6.07) is 19.4. The minimum Gasteiger partial charge on any atom is -0.493 e. The van der Waals surface area contributed by atoms with Crippen molar-refractivity contribution in [1.29, 1.82) is 0 Å². The van der Waals surface area contributed by atoms with Gasteiger partial charge >= 0.3 is 0 Å². The summed E-state index contributed by atoms with van der Waals surface area (Å²) in [6.45, 7) is 1.13. The topological polar surface area (TPSA) is 42.4 Å². The molecule has 5 heteroatoms. The molecule has 0 fully saturated rings. The summed E-state index contributed by atoms with van der Waals surface area (Å²) in [6.07, 6.45) is 6.12. The van der Waals surface area contributed by atoms with Crippen molar-refractivity contribution < 1.29 is 9.53 Å². The number of rotatable bonds is 5. The Morgan fingerprint density at radius 3 is 2.79 bits per heavy atom. The number of hydrogen-bond acceptors (Lipinski definition) is 3. The van der Waals surface area contributed by atoms with Gasteiger partial charge < -0.3 is 9.64 Å². The molecule has 0 spiro atoms. The molecule has 1 aliphatic heterocycles. The fourth-order valence-corrected chi connectivity index (χ4v) is 3.40. The SMILES string of the molecule is O=C(/C=C/c1ccc2c(c1)CCO2)N(Cc1ccccn1)c1ccc(Br)cc1. The van der Waals surface area contributed by atoms with Crippen LogP contribution in [0.4, 0.5) is 5.69 Å². The number of aromatic nitrogens is 1. The predicted octanol–water partition coefficient (Wildman–Crippen LogP) is 5.03. The highest BCUT2D eigenvalue weighted by Gasteiger charge is 2.15. The van der Waals surface area contributed by atoms with Crippen LogP contribution in [0.2, 0.25) is 0 Å². The largest absolute Gasteiger partial charge is 0.493 e. The van der Waals surface area contributed by atoms with Crippen LogP contribution in [-0.4, -0.2) is 17.5 Å². The first-order valence-corrected chi connectivity index (χ1v) is 9.89. The van der Waals surface area contributed by atoms with Crippen LogP contribution in [0.3, 0.4) is 0 Å². The Kier molecular flexibility index (Phi) is 5.53. The second-order valence-electron chi connectivity index (χ2n) is 6.52. The van der Waals surface area contributed by atoms with Crippen LogP contribution in [0.25, 0.3) is 6.08 Å². The summed E-state index contributed by atoms with van der Waals surface area (Å²) >= 11 is 3.44. The molecule has 1 aliphatic rings. The number of pyridine rings is 1. The van der Waals surface area contributed by atoms with Gasteiger partial charge in [-0.25, -0.2) is 0 Å². The molecule has 28 heavy (non-hydrogen) atoms. The van der Waals surface area contributed by atoms with Gasteiger partial charge in [0.25, 0.3) is 5.91 Å². The number of carbonyl (C=O) groups is 1. The highest BCUT2D eigenvalue weighted by atomic mass is 79.9. The third-order valence-corrected chi connectivity index (χ3v) is 5.11. The Labute approximate surface area is 172 Å². The second kappa shape index (κ2) is 8.40. The summed E-state index contributed by atoms with van der Waals surface area (Å²) in [5, 5.41) is 0. The summed E-state index contributed by atoms with van der Waals surface area (Å²) in [7, 11) is 0. The van der Waals surface area contributed by atoms with Crippen molar-refractivity contribution in [1.82, 2.24) is 4.98 Å². The Morgan fingerprint density at radius 2 is 2.00 bits per heavy atom. The molecule has 0 saturated carbocycles. The maximum absolute atomic E-state index is 13.0. The van der Waals surface area contributed by atoms with Crippen molar-refractivity contribution in [3.8, 4) is 5.75 Å². The van der Waals surface area contributed by atoms with Gasteiger partial charge in [0.1, 0.15) is 5.75 Å². The van der Waals surface area contributed by atoms with Crippen LogP contribution in [0.1, 0.15) is 16.8 Å². The summed E-state index contributed by atoms with van der Waals surface area (Å²) < 4.78 is 6.51. The van der Waals surface area contributed by atoms with Crippen molar-refractivity contribution >= 4 is 33.6 Å². The molecular weight excluding hydrogens is 416 g/mol. The molecule has 0 bridgehead atoms. The van der Waals surface area contributed by atoms with E-state index in [1.54, 1.807) is 17.2 Å². The molecule has 1 amide bonds. The number of fused-ring (bicyclic) bond motifs is 1. The van der Waals surface area contributed by atoms with Crippen molar-refractivity contribution in [2.75, 3.05) is 11.5 Å². The first-order valence-electron chi connectivity index (χ1n) is 9.10. The van der Waals surface area contributed by atoms with Crippen LogP contribution in [-0.2, 0) is 17.8 Å². The van der Waals surface area contributed by atoms with Crippen molar-refractivity contribution in [2.45, 2.75) is 13.0 Å². The molecule has 140 valence electrons. The molecule has 1 aromatic heterocycles. The number of hydrogen-bond donors (Lipinski definition) is 0. The molecule has 0 unspecified atom stereocenters. The number of ether oxygens (including phenoxy) is 1. The van der Waals surface area contributed by atoms with Crippen LogP contribution in [0.5, 0.6) is 5.75 Å². The number of amides is 1. The fraction of sp³-hybridized carbons (Fsp3) is 0.130. The Morgan fingerprint density at radius 1 is 1.14 bits per heavy atom. The molecule has 2 aromatic carbocycles. The summed E-state index contributed by atoms with van der Waals surface area (Å²) in [4.78, 5) is 19.1. The normalized spacial score (nSPS) is 12.6. The smallest absolute Gasteiger partial charge is 0.251 e. The lowest BCUT2D eigenvalue weighted by molar-refractivity contribution is -0.114. The zero-order valence-electron chi connectivity index (χ0n) is 15.2. The molecule has 2 heterocycles. The summed E-state index contributed by atoms with van der Waals surface area (Å²) in [5.41, 5.74) is 3.84. The Balaban J connectivity index is 1.58. The predicted molar refractivity (Wildman–Crippen MR) is 114 cm³/mol. The van der Waals surface area contributed by atoms with E-state index in [4.69, 9.17) is 4.74 Å². The van der Waals surface area contributed by atoms with Gasteiger partial charge in [0, 0.05) is 28.9 Å². The molecule has 3 aromatic rings. The lowest BCUT2D eigenvalue weighted by atomic mass is 10.1. The zero-order valence-corrected chi connectivity index (χ0v) is 16.8. The molecule has 4 rings (SSSR count). The van der Waals surface area contributed by atoms with Gasteiger partial charge in [0.2, 0.25) is 0 Å². The lowest BCUT2D eigenvalue weighted by Crippen LogP contribution is -2.29. The van der Waals surface area contributed by atoms with Crippen LogP contribution in [0, 0.1) is 0 Å². The molecule has 0 radical (unpaired) electrons. The molecule has 0 saturated heterocycles. The maximum Gasteiger partial charge on any atom is 0.251 e.